The maximum absolute atomic E-state index is 11.3. The number of phenols is 1. The van der Waals surface area contributed by atoms with Crippen molar-refractivity contribution in [2.45, 2.75) is 65.8 Å². The van der Waals surface area contributed by atoms with Crippen LogP contribution in [0, 0.1) is 12.9 Å². The van der Waals surface area contributed by atoms with Crippen LogP contribution >= 0.6 is 0 Å². The van der Waals surface area contributed by atoms with Crippen molar-refractivity contribution in [2.75, 3.05) is 0 Å². The van der Waals surface area contributed by atoms with Crippen molar-refractivity contribution < 1.29 is 30.3 Å². The van der Waals surface area contributed by atoms with Crippen molar-refractivity contribution in [3.05, 3.63) is 174 Å². The summed E-state index contributed by atoms with van der Waals surface area (Å²) >= 11 is 0. The number of rotatable bonds is 7. The molecule has 2 aromatic heterocycles. The van der Waals surface area contributed by atoms with Gasteiger partial charge >= 0.3 is 0 Å². The van der Waals surface area contributed by atoms with Crippen molar-refractivity contribution in [2.24, 2.45) is 0 Å². The maximum Gasteiger partial charge on any atom is 0.144 e. The quantitative estimate of drug-likeness (QED) is 0.162. The molecule has 57 heavy (non-hydrogen) atoms. The minimum Gasteiger partial charge on any atom is -0.507 e. The van der Waals surface area contributed by atoms with E-state index in [4.69, 9.17) is 14.1 Å². The third-order valence-corrected chi connectivity index (χ3v) is 10.6. The predicted octanol–water partition coefficient (Wildman–Crippen LogP) is 13.2. The molecule has 4 nitrogen and oxygen atoms in total. The molecule has 0 aliphatic carbocycles. The van der Waals surface area contributed by atoms with E-state index in [9.17, 15) is 5.11 Å². The summed E-state index contributed by atoms with van der Waals surface area (Å²) in [6.45, 7) is 11.7. The molecule has 8 rings (SSSR count). The number of pyridine rings is 1. The van der Waals surface area contributed by atoms with Gasteiger partial charge in [-0.05, 0) is 75.3 Å². The number of hydrogen-bond donors (Lipinski definition) is 1. The minimum absolute atomic E-state index is 0. The number of phenolic OH excluding ortho intramolecular Hbond substituents is 1. The molecule has 0 unspecified atom stereocenters. The first-order valence-electron chi connectivity index (χ1n) is 20.7. The molecule has 0 saturated carbocycles. The van der Waals surface area contributed by atoms with E-state index in [0.717, 1.165) is 66.8 Å². The third-order valence-electron chi connectivity index (χ3n) is 10.6. The van der Waals surface area contributed by atoms with Crippen LogP contribution in [0.3, 0.4) is 0 Å². The predicted molar refractivity (Wildman–Crippen MR) is 233 cm³/mol. The summed E-state index contributed by atoms with van der Waals surface area (Å²) in [5.41, 5.74) is 13.6. The SMILES string of the molecule is [2H]C([2H])([2H])c1ccc(-c2ccnc(-c3[c-]c(-c4cccc5c4nc(-c4ccccc4O)n5Cc4ccc(C(C)(C)C)cc4-c4ccccc4)cc(C(C)(C)C)c3)c2)cc1.[Pt]. The van der Waals surface area contributed by atoms with Crippen LogP contribution in [0.5, 0.6) is 5.75 Å². The maximum atomic E-state index is 11.3. The zero-order chi connectivity index (χ0) is 41.7. The summed E-state index contributed by atoms with van der Waals surface area (Å²) in [6.07, 6.45) is 1.79. The van der Waals surface area contributed by atoms with Crippen molar-refractivity contribution in [3.63, 3.8) is 0 Å². The number of benzene rings is 6. The largest absolute Gasteiger partial charge is 0.507 e. The summed E-state index contributed by atoms with van der Waals surface area (Å²) in [7, 11) is 0. The second kappa shape index (κ2) is 15.8. The third kappa shape index (κ3) is 8.15. The minimum atomic E-state index is -2.16. The van der Waals surface area contributed by atoms with Gasteiger partial charge in [0.05, 0.1) is 23.1 Å². The van der Waals surface area contributed by atoms with E-state index in [-0.39, 0.29) is 37.6 Å². The van der Waals surface area contributed by atoms with Gasteiger partial charge in [-0.3, -0.25) is 4.98 Å². The van der Waals surface area contributed by atoms with E-state index in [1.54, 1.807) is 24.4 Å². The fourth-order valence-electron chi connectivity index (χ4n) is 7.34. The number of aryl methyl sites for hydroxylation is 1. The number of nitrogens with zero attached hydrogens (tertiary/aromatic N) is 3. The van der Waals surface area contributed by atoms with Gasteiger partial charge in [0.15, 0.2) is 0 Å². The fourth-order valence-corrected chi connectivity index (χ4v) is 7.34. The van der Waals surface area contributed by atoms with Crippen LogP contribution in [0.2, 0.25) is 0 Å². The van der Waals surface area contributed by atoms with Gasteiger partial charge in [-0.25, -0.2) is 4.98 Å². The van der Waals surface area contributed by atoms with Crippen LogP contribution in [0.1, 0.15) is 67.9 Å². The molecule has 0 fully saturated rings. The number of imidazole rings is 1. The molecule has 0 bridgehead atoms. The average molecular weight is 929 g/mol. The van der Waals surface area contributed by atoms with E-state index in [0.29, 0.717) is 23.5 Å². The first-order chi connectivity index (χ1) is 28.0. The number of para-hydroxylation sites is 2. The molecule has 2 heterocycles. The zero-order valence-electron chi connectivity index (χ0n) is 36.2. The molecule has 0 spiro atoms. The monoisotopic (exact) mass is 928 g/mol. The normalized spacial score (nSPS) is 12.8. The van der Waals surface area contributed by atoms with Crippen molar-refractivity contribution >= 4 is 11.0 Å². The summed E-state index contributed by atoms with van der Waals surface area (Å²) in [5.74, 6) is 0.843. The van der Waals surface area contributed by atoms with E-state index >= 15 is 0 Å². The fraction of sp³-hybridized carbons (Fsp3) is 0.192. The van der Waals surface area contributed by atoms with Crippen molar-refractivity contribution in [1.29, 1.82) is 0 Å². The van der Waals surface area contributed by atoms with Gasteiger partial charge in [0.2, 0.25) is 0 Å². The Bertz CT molecular complexity index is 2810. The molecule has 0 aliphatic rings. The van der Waals surface area contributed by atoms with Gasteiger partial charge in [0.25, 0.3) is 0 Å². The molecule has 0 aliphatic heterocycles. The molecule has 5 heteroatoms. The van der Waals surface area contributed by atoms with Crippen molar-refractivity contribution in [1.82, 2.24) is 14.5 Å². The van der Waals surface area contributed by atoms with Gasteiger partial charge in [0, 0.05) is 37.1 Å². The molecule has 8 aromatic rings. The van der Waals surface area contributed by atoms with E-state index in [2.05, 4.69) is 125 Å². The van der Waals surface area contributed by atoms with E-state index in [1.807, 2.05) is 48.5 Å². The smallest absolute Gasteiger partial charge is 0.144 e. The van der Waals surface area contributed by atoms with Gasteiger partial charge in [0.1, 0.15) is 11.6 Å². The summed E-state index contributed by atoms with van der Waals surface area (Å²) in [6, 6.07) is 50.1. The topological polar surface area (TPSA) is 50.9 Å². The van der Waals surface area contributed by atoms with E-state index < -0.39 is 6.85 Å². The summed E-state index contributed by atoms with van der Waals surface area (Å²) in [4.78, 5) is 10.2. The van der Waals surface area contributed by atoms with Gasteiger partial charge in [-0.1, -0.05) is 161 Å². The van der Waals surface area contributed by atoms with Crippen LogP contribution in [-0.2, 0) is 38.4 Å². The zero-order valence-corrected chi connectivity index (χ0v) is 35.4. The number of hydrogen-bond acceptors (Lipinski definition) is 3. The Morgan fingerprint density at radius 1 is 0.632 bits per heavy atom. The Balaban J connectivity index is 0.00000544. The molecule has 0 amide bonds. The molecule has 6 aromatic carbocycles. The van der Waals surface area contributed by atoms with E-state index in [1.165, 1.54) is 5.56 Å². The second-order valence-corrected chi connectivity index (χ2v) is 16.7. The Morgan fingerprint density at radius 3 is 2.05 bits per heavy atom. The van der Waals surface area contributed by atoms with Crippen LogP contribution in [0.25, 0.3) is 67.1 Å². The van der Waals surface area contributed by atoms with Gasteiger partial charge < -0.3 is 9.67 Å². The molecular formula is C52H48N3OPt-. The molecular weight excluding hydrogens is 878 g/mol. The second-order valence-electron chi connectivity index (χ2n) is 16.7. The number of aromatic hydroxyl groups is 1. The van der Waals surface area contributed by atoms with Crippen LogP contribution in [0.15, 0.2) is 146 Å². The Kier molecular flexibility index (Phi) is 9.90. The first kappa shape index (κ1) is 35.8. The number of fused-ring (bicyclic) bond motifs is 1. The standard InChI is InChI=1S/C52H48N3O.Pt/c1-34-20-22-35(23-21-34)37-26-27-53-46(31-37)40-28-39(29-42(30-40)52(5,6)7)43-17-13-18-47-49(43)54-50(44-16-11-12-19-48(44)56)55(47)33-38-24-25-41(51(2,3)4)32-45(38)36-14-9-8-10-15-36;/h8-27,29-32,56H,33H2,1-7H3;/q-1;/i1D3;. The summed E-state index contributed by atoms with van der Waals surface area (Å²) < 4.78 is 25.6. The first-order valence-corrected chi connectivity index (χ1v) is 19.2. The molecule has 0 atom stereocenters. The molecule has 1 N–H and O–H groups in total. The Hall–Kier alpha value is -5.57. The van der Waals surface area contributed by atoms with Gasteiger partial charge in [-0.2, -0.15) is 0 Å². The van der Waals surface area contributed by atoms with Crippen LogP contribution in [-0.4, -0.2) is 19.6 Å². The Labute approximate surface area is 355 Å². The summed E-state index contributed by atoms with van der Waals surface area (Å²) in [5, 5.41) is 11.3. The van der Waals surface area contributed by atoms with Crippen molar-refractivity contribution in [3.8, 4) is 61.8 Å². The van der Waals surface area contributed by atoms with Crippen LogP contribution < -0.4 is 0 Å². The number of aromatic nitrogens is 3. The van der Waals surface area contributed by atoms with Gasteiger partial charge in [-0.15, -0.1) is 29.3 Å². The Morgan fingerprint density at radius 2 is 1.33 bits per heavy atom. The average Bonchev–Trinajstić information content (AvgIpc) is 3.58. The molecule has 0 radical (unpaired) electrons. The molecule has 0 saturated heterocycles. The molecule has 288 valence electrons. The van der Waals surface area contributed by atoms with Crippen LogP contribution in [0.4, 0.5) is 0 Å².